The van der Waals surface area contributed by atoms with Crippen LogP contribution in [0.2, 0.25) is 0 Å². The molecule has 1 unspecified atom stereocenters. The number of aliphatic hydroxyl groups excluding tert-OH is 1. The van der Waals surface area contributed by atoms with Crippen LogP contribution in [0.3, 0.4) is 0 Å². The van der Waals surface area contributed by atoms with Crippen LogP contribution < -0.4 is 4.74 Å². The number of carbonyl (C=O) groups is 2. The van der Waals surface area contributed by atoms with Crippen molar-refractivity contribution in [1.29, 1.82) is 0 Å². The third kappa shape index (κ3) is 4.80. The first-order valence-electron chi connectivity index (χ1n) is 11.4. The van der Waals surface area contributed by atoms with Gasteiger partial charge < -0.3 is 14.7 Å². The summed E-state index contributed by atoms with van der Waals surface area (Å²) >= 11 is 0. The second kappa shape index (κ2) is 10.2. The van der Waals surface area contributed by atoms with Gasteiger partial charge in [0.05, 0.1) is 18.7 Å². The number of hydrogen-bond acceptors (Lipinski definition) is 4. The van der Waals surface area contributed by atoms with Crippen LogP contribution in [0.15, 0.2) is 42.0 Å². The highest BCUT2D eigenvalue weighted by Gasteiger charge is 2.46. The van der Waals surface area contributed by atoms with E-state index in [1.54, 1.807) is 19.2 Å². The first-order valence-corrected chi connectivity index (χ1v) is 11.4. The second-order valence-corrected chi connectivity index (χ2v) is 8.81. The van der Waals surface area contributed by atoms with Crippen molar-refractivity contribution in [2.45, 2.75) is 58.9 Å². The van der Waals surface area contributed by atoms with Crippen LogP contribution in [-0.2, 0) is 9.59 Å². The molecule has 3 rings (SSSR count). The number of aliphatic hydroxyl groups is 1. The number of amides is 1. The van der Waals surface area contributed by atoms with E-state index >= 15 is 0 Å². The van der Waals surface area contributed by atoms with E-state index in [1.807, 2.05) is 32.9 Å². The molecule has 1 N–H and O–H groups in total. The van der Waals surface area contributed by atoms with Crippen molar-refractivity contribution in [1.82, 2.24) is 4.90 Å². The molecule has 1 amide bonds. The van der Waals surface area contributed by atoms with Gasteiger partial charge in [0.1, 0.15) is 17.3 Å². The molecule has 0 saturated carbocycles. The summed E-state index contributed by atoms with van der Waals surface area (Å²) in [5, 5.41) is 11.4. The number of methoxy groups -OCH3 is 1. The summed E-state index contributed by atoms with van der Waals surface area (Å²) in [6, 6.07) is 8.60. The van der Waals surface area contributed by atoms with Gasteiger partial charge in [-0.1, -0.05) is 45.7 Å². The fourth-order valence-electron chi connectivity index (χ4n) is 4.36. The van der Waals surface area contributed by atoms with E-state index in [4.69, 9.17) is 4.74 Å². The highest BCUT2D eigenvalue weighted by molar-refractivity contribution is 6.46. The van der Waals surface area contributed by atoms with Crippen LogP contribution in [0.4, 0.5) is 4.39 Å². The van der Waals surface area contributed by atoms with E-state index in [0.717, 1.165) is 30.4 Å². The maximum Gasteiger partial charge on any atom is 0.295 e. The number of hydrogen-bond donors (Lipinski definition) is 1. The Morgan fingerprint density at radius 3 is 2.39 bits per heavy atom. The molecule has 1 fully saturated rings. The Labute approximate surface area is 194 Å². The summed E-state index contributed by atoms with van der Waals surface area (Å²) in [7, 11) is 1.59. The number of benzene rings is 2. The second-order valence-electron chi connectivity index (χ2n) is 8.81. The number of ketones is 1. The average molecular weight is 454 g/mol. The van der Waals surface area contributed by atoms with E-state index in [2.05, 4.69) is 6.92 Å². The molecule has 176 valence electrons. The minimum absolute atomic E-state index is 0.0334. The largest absolute Gasteiger partial charge is 0.507 e. The van der Waals surface area contributed by atoms with Gasteiger partial charge in [0.2, 0.25) is 0 Å². The summed E-state index contributed by atoms with van der Waals surface area (Å²) in [5.74, 6) is -1.17. The zero-order chi connectivity index (χ0) is 24.3. The third-order valence-corrected chi connectivity index (χ3v) is 6.18. The Morgan fingerprint density at radius 1 is 1.15 bits per heavy atom. The van der Waals surface area contributed by atoms with Gasteiger partial charge in [-0.2, -0.15) is 0 Å². The number of likely N-dealkylation sites (tertiary alicyclic amines) is 1. The standard InChI is InChI=1S/C27H32FNO4/c1-6-7-8-13-29-24(18-9-11-19(28)12-10-18)23(26(31)27(29)32)25(30)21-15-20(16(2)3)22(33-5)14-17(21)4/h9-12,14-16,24,30H,6-8,13H2,1-5H3/b25-23+. The molecule has 2 aromatic rings. The lowest BCUT2D eigenvalue weighted by Gasteiger charge is -2.25. The maximum atomic E-state index is 13.6. The van der Waals surface area contributed by atoms with Crippen molar-refractivity contribution < 1.29 is 23.8 Å². The fraction of sp³-hybridized carbons (Fsp3) is 0.407. The van der Waals surface area contributed by atoms with Gasteiger partial charge in [0, 0.05) is 12.1 Å². The molecule has 0 aliphatic carbocycles. The molecule has 1 heterocycles. The van der Waals surface area contributed by atoms with Crippen LogP contribution in [0, 0.1) is 12.7 Å². The lowest BCUT2D eigenvalue weighted by molar-refractivity contribution is -0.139. The number of ether oxygens (including phenoxy) is 1. The number of unbranched alkanes of at least 4 members (excludes halogenated alkanes) is 2. The van der Waals surface area contributed by atoms with E-state index in [9.17, 15) is 19.1 Å². The SMILES string of the molecule is CCCCCN1C(=O)C(=O)/C(=C(/O)c2cc(C(C)C)c(OC)cc2C)C1c1ccc(F)cc1. The van der Waals surface area contributed by atoms with Gasteiger partial charge in [-0.25, -0.2) is 4.39 Å². The molecular formula is C27H32FNO4. The summed E-state index contributed by atoms with van der Waals surface area (Å²) in [5.41, 5.74) is 2.72. The maximum absolute atomic E-state index is 13.6. The molecule has 1 saturated heterocycles. The van der Waals surface area contributed by atoms with E-state index < -0.39 is 23.5 Å². The summed E-state index contributed by atoms with van der Waals surface area (Å²) in [6.07, 6.45) is 2.61. The fourth-order valence-corrected chi connectivity index (χ4v) is 4.36. The molecule has 1 aliphatic rings. The van der Waals surface area contributed by atoms with Crippen LogP contribution in [0.5, 0.6) is 5.75 Å². The zero-order valence-electron chi connectivity index (χ0n) is 19.9. The molecule has 33 heavy (non-hydrogen) atoms. The summed E-state index contributed by atoms with van der Waals surface area (Å²) in [4.78, 5) is 27.7. The van der Waals surface area contributed by atoms with E-state index in [1.165, 1.54) is 17.0 Å². The molecule has 0 spiro atoms. The average Bonchev–Trinajstić information content (AvgIpc) is 3.04. The van der Waals surface area contributed by atoms with Gasteiger partial charge in [0.25, 0.3) is 11.7 Å². The highest BCUT2D eigenvalue weighted by Crippen LogP contribution is 2.41. The molecule has 1 aliphatic heterocycles. The van der Waals surface area contributed by atoms with Crippen molar-refractivity contribution in [3.8, 4) is 5.75 Å². The third-order valence-electron chi connectivity index (χ3n) is 6.18. The van der Waals surface area contributed by atoms with Crippen molar-refractivity contribution in [3.63, 3.8) is 0 Å². The summed E-state index contributed by atoms with van der Waals surface area (Å²) < 4.78 is 19.1. The molecular weight excluding hydrogens is 421 g/mol. The molecule has 0 bridgehead atoms. The Bertz CT molecular complexity index is 1070. The van der Waals surface area contributed by atoms with E-state index in [-0.39, 0.29) is 17.3 Å². The Hall–Kier alpha value is -3.15. The number of aryl methyl sites for hydroxylation is 1. The Balaban J connectivity index is 2.20. The van der Waals surface area contributed by atoms with Gasteiger partial charge in [-0.15, -0.1) is 0 Å². The Morgan fingerprint density at radius 2 is 1.82 bits per heavy atom. The molecule has 5 nitrogen and oxygen atoms in total. The number of halogens is 1. The first kappa shape index (κ1) is 24.5. The van der Waals surface area contributed by atoms with Crippen molar-refractivity contribution >= 4 is 17.4 Å². The van der Waals surface area contributed by atoms with Crippen LogP contribution in [-0.4, -0.2) is 35.4 Å². The quantitative estimate of drug-likeness (QED) is 0.235. The minimum Gasteiger partial charge on any atom is -0.507 e. The highest BCUT2D eigenvalue weighted by atomic mass is 19.1. The minimum atomic E-state index is -0.772. The van der Waals surface area contributed by atoms with Gasteiger partial charge in [0.15, 0.2) is 0 Å². The van der Waals surface area contributed by atoms with Crippen LogP contribution >= 0.6 is 0 Å². The van der Waals surface area contributed by atoms with Crippen molar-refractivity contribution in [2.75, 3.05) is 13.7 Å². The zero-order valence-corrected chi connectivity index (χ0v) is 19.9. The van der Waals surface area contributed by atoms with Crippen molar-refractivity contribution in [2.24, 2.45) is 0 Å². The normalized spacial score (nSPS) is 17.8. The van der Waals surface area contributed by atoms with Crippen LogP contribution in [0.1, 0.15) is 74.2 Å². The van der Waals surface area contributed by atoms with Gasteiger partial charge in [-0.05, 0) is 60.2 Å². The molecule has 6 heteroatoms. The number of Topliss-reactive ketones (excluding diaryl/α,β-unsaturated/α-hetero) is 1. The molecule has 1 atom stereocenters. The lowest BCUT2D eigenvalue weighted by atomic mass is 9.91. The number of rotatable bonds is 8. The predicted molar refractivity (Wildman–Crippen MR) is 127 cm³/mol. The lowest BCUT2D eigenvalue weighted by Crippen LogP contribution is -2.30. The summed E-state index contributed by atoms with van der Waals surface area (Å²) in [6.45, 7) is 8.30. The first-order chi connectivity index (χ1) is 15.7. The van der Waals surface area contributed by atoms with Gasteiger partial charge >= 0.3 is 0 Å². The molecule has 0 aromatic heterocycles. The van der Waals surface area contributed by atoms with E-state index in [0.29, 0.717) is 23.4 Å². The monoisotopic (exact) mass is 453 g/mol. The molecule has 2 aromatic carbocycles. The number of carbonyl (C=O) groups excluding carboxylic acids is 2. The van der Waals surface area contributed by atoms with Crippen LogP contribution in [0.25, 0.3) is 5.76 Å². The Kier molecular flexibility index (Phi) is 7.57. The van der Waals surface area contributed by atoms with Gasteiger partial charge in [-0.3, -0.25) is 9.59 Å². The van der Waals surface area contributed by atoms with Crippen molar-refractivity contribution in [3.05, 3.63) is 70.0 Å². The molecule has 0 radical (unpaired) electrons. The topological polar surface area (TPSA) is 66.8 Å². The number of nitrogens with zero attached hydrogens (tertiary/aromatic N) is 1. The predicted octanol–water partition coefficient (Wildman–Crippen LogP) is 5.88. The smallest absolute Gasteiger partial charge is 0.295 e.